The van der Waals surface area contributed by atoms with Gasteiger partial charge in [0.05, 0.1) is 5.41 Å². The second-order valence-electron chi connectivity index (χ2n) is 2.55. The van der Waals surface area contributed by atoms with Gasteiger partial charge in [0.25, 0.3) is 0 Å². The normalized spacial score (nSPS) is 10.3. The predicted octanol–water partition coefficient (Wildman–Crippen LogP) is 0.993. The van der Waals surface area contributed by atoms with Gasteiger partial charge in [-0.1, -0.05) is 0 Å². The summed E-state index contributed by atoms with van der Waals surface area (Å²) in [6, 6.07) is 0. The van der Waals surface area contributed by atoms with Crippen LogP contribution in [0, 0.1) is 17.8 Å². The molecule has 0 heterocycles. The summed E-state index contributed by atoms with van der Waals surface area (Å²) in [5, 5.41) is 10.2. The van der Waals surface area contributed by atoms with Crippen LogP contribution in [0.25, 0.3) is 0 Å². The van der Waals surface area contributed by atoms with Crippen molar-refractivity contribution in [3.63, 3.8) is 0 Å². The molecule has 0 aromatic rings. The minimum atomic E-state index is -1.10. The van der Waals surface area contributed by atoms with Crippen LogP contribution >= 0.6 is 0 Å². The molecule has 0 saturated carbocycles. The quantitative estimate of drug-likeness (QED) is 0.507. The lowest BCUT2D eigenvalue weighted by Gasteiger charge is -2.11. The van der Waals surface area contributed by atoms with Gasteiger partial charge in [0.1, 0.15) is 0 Å². The minimum Gasteiger partial charge on any atom is -0.247 e. The highest BCUT2D eigenvalue weighted by Crippen LogP contribution is 2.18. The van der Waals surface area contributed by atoms with Gasteiger partial charge in [-0.05, 0) is 13.8 Å². The predicted molar refractivity (Wildman–Crippen MR) is 32.9 cm³/mol. The zero-order chi connectivity index (χ0) is 7.49. The molecular weight excluding hydrogens is 116 g/mol. The molecule has 49 valence electrons. The highest BCUT2D eigenvalue weighted by atomic mass is 16.4. The molecule has 0 aromatic carbocycles. The third-order valence-corrected chi connectivity index (χ3v) is 1.10. The molecule has 0 atom stereocenters. The van der Waals surface area contributed by atoms with Crippen molar-refractivity contribution < 1.29 is 9.90 Å². The maximum absolute atomic E-state index is 10.2. The van der Waals surface area contributed by atoms with Crippen molar-refractivity contribution in [3.05, 3.63) is 0 Å². The second kappa shape index (κ2) is 2.54. The molecule has 0 bridgehead atoms. The Morgan fingerprint density at radius 3 is 2.22 bits per heavy atom. The molecule has 1 radical (unpaired) electrons. The van der Waals surface area contributed by atoms with Gasteiger partial charge in [-0.2, -0.15) is 0 Å². The van der Waals surface area contributed by atoms with Crippen LogP contribution in [0.3, 0.4) is 0 Å². The summed E-state index contributed by atoms with van der Waals surface area (Å²) in [7, 11) is 0. The summed E-state index contributed by atoms with van der Waals surface area (Å²) >= 11 is 0. The molecule has 2 heteroatoms. The van der Waals surface area contributed by atoms with E-state index in [4.69, 9.17) is 6.42 Å². The van der Waals surface area contributed by atoms with E-state index in [1.54, 1.807) is 13.8 Å². The summed E-state index contributed by atoms with van der Waals surface area (Å²) in [4.78, 5) is 10.2. The summed E-state index contributed by atoms with van der Waals surface area (Å²) in [5.74, 6) is 1.17. The Morgan fingerprint density at radius 2 is 2.11 bits per heavy atom. The summed E-state index contributed by atoms with van der Waals surface area (Å²) < 4.78 is 0. The molecule has 0 aliphatic rings. The van der Waals surface area contributed by atoms with Crippen LogP contribution in [0.15, 0.2) is 0 Å². The summed E-state index contributed by atoms with van der Waals surface area (Å²) in [5.41, 5.74) is -0.880. The van der Waals surface area contributed by atoms with E-state index >= 15 is 0 Å². The summed E-state index contributed by atoms with van der Waals surface area (Å²) in [6.07, 6.45) is 5.13. The average Bonchev–Trinajstić information content (AvgIpc) is 1.65. The van der Waals surface area contributed by atoms with Gasteiger partial charge in [-0.25, -0.2) is 9.90 Å². The van der Waals surface area contributed by atoms with E-state index in [0.29, 0.717) is 0 Å². The van der Waals surface area contributed by atoms with Crippen molar-refractivity contribution in [1.29, 1.82) is 0 Å². The number of carbonyl (C=O) groups excluding carboxylic acids is 1. The fourth-order valence-electron chi connectivity index (χ4n) is 0.327. The molecular formula is C7H9O2. The molecule has 0 spiro atoms. The topological polar surface area (TPSA) is 37.0 Å². The molecule has 0 amide bonds. The van der Waals surface area contributed by atoms with E-state index in [2.05, 4.69) is 5.92 Å². The Hall–Kier alpha value is -0.970. The maximum atomic E-state index is 10.2. The van der Waals surface area contributed by atoms with Crippen LogP contribution in [0.5, 0.6) is 0 Å². The van der Waals surface area contributed by atoms with E-state index in [9.17, 15) is 9.90 Å². The molecule has 0 unspecified atom stereocenters. The van der Waals surface area contributed by atoms with Crippen LogP contribution in [0.4, 0.5) is 0 Å². The van der Waals surface area contributed by atoms with Crippen molar-refractivity contribution in [2.24, 2.45) is 5.41 Å². The average molecular weight is 125 g/mol. The number of rotatable bonds is 2. The SMILES string of the molecule is C#CCC(C)(C)C([O])=O. The van der Waals surface area contributed by atoms with E-state index in [-0.39, 0.29) is 6.42 Å². The standard InChI is InChI=1S/C7H9O2/c1-4-5-7(2,3)6(8)9/h1H,5H2,2-3H3. The number of carbonyl (C=O) groups is 1. The van der Waals surface area contributed by atoms with Crippen molar-refractivity contribution >= 4 is 5.97 Å². The van der Waals surface area contributed by atoms with Gasteiger partial charge in [-0.3, -0.25) is 0 Å². The lowest BCUT2D eigenvalue weighted by atomic mass is 9.90. The largest absolute Gasteiger partial charge is 0.362 e. The number of terminal acetylenes is 1. The second-order valence-corrected chi connectivity index (χ2v) is 2.55. The third kappa shape index (κ3) is 2.18. The van der Waals surface area contributed by atoms with Crippen LogP contribution < -0.4 is 0 Å². The van der Waals surface area contributed by atoms with Crippen LogP contribution in [0.1, 0.15) is 20.3 Å². The van der Waals surface area contributed by atoms with Crippen molar-refractivity contribution in [2.75, 3.05) is 0 Å². The van der Waals surface area contributed by atoms with Crippen molar-refractivity contribution in [2.45, 2.75) is 20.3 Å². The number of hydrogen-bond acceptors (Lipinski definition) is 1. The highest BCUT2D eigenvalue weighted by molar-refractivity contribution is 5.73. The Kier molecular flexibility index (Phi) is 2.27. The van der Waals surface area contributed by atoms with E-state index in [0.717, 1.165) is 0 Å². The maximum Gasteiger partial charge on any atom is 0.362 e. The highest BCUT2D eigenvalue weighted by Gasteiger charge is 2.27. The number of hydrogen-bond donors (Lipinski definition) is 0. The van der Waals surface area contributed by atoms with E-state index < -0.39 is 11.4 Å². The molecule has 0 aliphatic heterocycles. The molecule has 0 rings (SSSR count). The molecule has 0 aromatic heterocycles. The lowest BCUT2D eigenvalue weighted by molar-refractivity contribution is -0.153. The van der Waals surface area contributed by atoms with Crippen LogP contribution in [0.2, 0.25) is 0 Å². The van der Waals surface area contributed by atoms with Crippen molar-refractivity contribution in [3.8, 4) is 12.3 Å². The van der Waals surface area contributed by atoms with Gasteiger partial charge >= 0.3 is 5.97 Å². The van der Waals surface area contributed by atoms with Crippen molar-refractivity contribution in [1.82, 2.24) is 0 Å². The van der Waals surface area contributed by atoms with Gasteiger partial charge in [-0.15, -0.1) is 12.3 Å². The van der Waals surface area contributed by atoms with Gasteiger partial charge in [0.15, 0.2) is 0 Å². The zero-order valence-corrected chi connectivity index (χ0v) is 5.60. The Morgan fingerprint density at radius 1 is 1.67 bits per heavy atom. The third-order valence-electron chi connectivity index (χ3n) is 1.10. The first-order valence-corrected chi connectivity index (χ1v) is 2.65. The first-order chi connectivity index (χ1) is 4.00. The van der Waals surface area contributed by atoms with E-state index in [1.807, 2.05) is 0 Å². The minimum absolute atomic E-state index is 0.218. The Bertz CT molecular complexity index is 151. The van der Waals surface area contributed by atoms with E-state index in [1.165, 1.54) is 0 Å². The zero-order valence-electron chi connectivity index (χ0n) is 5.60. The first kappa shape index (κ1) is 8.03. The Labute approximate surface area is 54.9 Å². The molecule has 0 fully saturated rings. The molecule has 0 N–H and O–H groups in total. The molecule has 0 aliphatic carbocycles. The van der Waals surface area contributed by atoms with Gasteiger partial charge < -0.3 is 0 Å². The first-order valence-electron chi connectivity index (χ1n) is 2.65. The van der Waals surface area contributed by atoms with Crippen LogP contribution in [-0.4, -0.2) is 5.97 Å². The lowest BCUT2D eigenvalue weighted by Crippen LogP contribution is -2.21. The van der Waals surface area contributed by atoms with Crippen LogP contribution in [-0.2, 0) is 9.90 Å². The fraction of sp³-hybridized carbons (Fsp3) is 0.571. The van der Waals surface area contributed by atoms with Gasteiger partial charge in [0.2, 0.25) is 0 Å². The monoisotopic (exact) mass is 125 g/mol. The Balaban J connectivity index is 4.06. The smallest absolute Gasteiger partial charge is 0.247 e. The fourth-order valence-corrected chi connectivity index (χ4v) is 0.327. The molecule has 9 heavy (non-hydrogen) atoms. The summed E-state index contributed by atoms with van der Waals surface area (Å²) in [6.45, 7) is 3.09. The molecule has 2 nitrogen and oxygen atoms in total. The van der Waals surface area contributed by atoms with Gasteiger partial charge in [0, 0.05) is 6.42 Å². The molecule has 0 saturated heterocycles.